The number of nitrogens with zero attached hydrogens (tertiary/aromatic N) is 1. The minimum Gasteiger partial charge on any atom is -0.318 e. The highest BCUT2D eigenvalue weighted by molar-refractivity contribution is 5.94. The molecule has 0 atom stereocenters. The maximum atomic E-state index is 11.9. The minimum absolute atomic E-state index is 0.0350. The Labute approximate surface area is 87.8 Å². The molecule has 16 heavy (non-hydrogen) atoms. The highest BCUT2D eigenvalue weighted by Crippen LogP contribution is 2.20. The lowest BCUT2D eigenvalue weighted by atomic mass is 10.3. The highest BCUT2D eigenvalue weighted by atomic mass is 19.4. The molecule has 1 aromatic carbocycles. The predicted octanol–water partition coefficient (Wildman–Crippen LogP) is 2.15. The van der Waals surface area contributed by atoms with E-state index in [0.29, 0.717) is 0 Å². The lowest BCUT2D eigenvalue weighted by Gasteiger charge is -2.07. The summed E-state index contributed by atoms with van der Waals surface area (Å²) in [6.07, 6.45) is -3.65. The fourth-order valence-corrected chi connectivity index (χ4v) is 0.874. The van der Waals surface area contributed by atoms with E-state index in [2.05, 4.69) is 4.99 Å². The summed E-state index contributed by atoms with van der Waals surface area (Å²) in [7, 11) is 0. The zero-order chi connectivity index (χ0) is 12.2. The Morgan fingerprint density at radius 3 is 2.25 bits per heavy atom. The molecule has 0 aromatic heterocycles. The van der Waals surface area contributed by atoms with E-state index in [0.717, 1.165) is 0 Å². The molecule has 1 N–H and O–H groups in total. The second-order valence-electron chi connectivity index (χ2n) is 2.70. The zero-order valence-electron chi connectivity index (χ0n) is 7.71. The molecule has 0 fully saturated rings. The summed E-state index contributed by atoms with van der Waals surface area (Å²) in [5.74, 6) is -2.06. The monoisotopic (exact) mass is 230 g/mol. The number of hydrogen-bond donors (Lipinski definition) is 1. The van der Waals surface area contributed by atoms with E-state index in [9.17, 15) is 22.8 Å². The summed E-state index contributed by atoms with van der Waals surface area (Å²) in [6, 6.07) is 4.94. The van der Waals surface area contributed by atoms with E-state index >= 15 is 0 Å². The lowest BCUT2D eigenvalue weighted by Crippen LogP contribution is -2.29. The van der Waals surface area contributed by atoms with E-state index in [-0.39, 0.29) is 11.4 Å². The van der Waals surface area contributed by atoms with Crippen molar-refractivity contribution in [1.82, 2.24) is 0 Å². The molecule has 0 radical (unpaired) electrons. The Kier molecular flexibility index (Phi) is 3.42. The van der Waals surface area contributed by atoms with E-state index in [1.807, 2.05) is 0 Å². The Balaban J connectivity index is 2.76. The van der Waals surface area contributed by atoms with Crippen LogP contribution in [0.15, 0.2) is 29.3 Å². The van der Waals surface area contributed by atoms with Crippen LogP contribution in [0.5, 0.6) is 0 Å². The first-order valence-corrected chi connectivity index (χ1v) is 3.99. The third kappa shape index (κ3) is 3.21. The third-order valence-corrected chi connectivity index (χ3v) is 1.56. The van der Waals surface area contributed by atoms with Crippen LogP contribution in [0.25, 0.3) is 0 Å². The molecule has 1 rings (SSSR count). The molecule has 0 unspecified atom stereocenters. The van der Waals surface area contributed by atoms with E-state index in [1.54, 1.807) is 5.32 Å². The first-order valence-electron chi connectivity index (χ1n) is 3.99. The number of aliphatic imine (C=N–C) groups is 1. The molecule has 1 aromatic rings. The zero-order valence-corrected chi connectivity index (χ0v) is 7.71. The van der Waals surface area contributed by atoms with Crippen molar-refractivity contribution < 1.29 is 22.8 Å². The van der Waals surface area contributed by atoms with Gasteiger partial charge >= 0.3 is 12.1 Å². The normalized spacial score (nSPS) is 10.4. The Morgan fingerprint density at radius 1 is 1.25 bits per heavy atom. The first kappa shape index (κ1) is 11.9. The molecule has 1 amide bonds. The van der Waals surface area contributed by atoms with Gasteiger partial charge in [0.25, 0.3) is 0 Å². The van der Waals surface area contributed by atoms with Crippen LogP contribution in [0.4, 0.5) is 24.5 Å². The van der Waals surface area contributed by atoms with Crippen molar-refractivity contribution in [3.63, 3.8) is 0 Å². The van der Waals surface area contributed by atoms with Crippen molar-refractivity contribution in [3.05, 3.63) is 24.3 Å². The van der Waals surface area contributed by atoms with Crippen molar-refractivity contribution in [2.24, 2.45) is 4.99 Å². The van der Waals surface area contributed by atoms with Crippen LogP contribution in [0.1, 0.15) is 0 Å². The van der Waals surface area contributed by atoms with Crippen LogP contribution >= 0.6 is 0 Å². The summed E-state index contributed by atoms with van der Waals surface area (Å²) in [4.78, 5) is 23.6. The molecule has 0 bridgehead atoms. The van der Waals surface area contributed by atoms with Gasteiger partial charge in [-0.1, -0.05) is 0 Å². The Bertz CT molecular complexity index is 433. The van der Waals surface area contributed by atoms with Gasteiger partial charge < -0.3 is 5.32 Å². The number of amides is 1. The lowest BCUT2D eigenvalue weighted by molar-refractivity contribution is -0.167. The molecule has 0 aliphatic carbocycles. The molecule has 0 heterocycles. The molecule has 4 nitrogen and oxygen atoms in total. The van der Waals surface area contributed by atoms with Gasteiger partial charge in [-0.05, 0) is 24.3 Å². The summed E-state index contributed by atoms with van der Waals surface area (Å²) >= 11 is 0. The van der Waals surface area contributed by atoms with Gasteiger partial charge in [0, 0.05) is 5.69 Å². The summed E-state index contributed by atoms with van der Waals surface area (Å²) in [5.41, 5.74) is 0.201. The number of isocyanates is 1. The van der Waals surface area contributed by atoms with Crippen molar-refractivity contribution >= 4 is 23.4 Å². The fraction of sp³-hybridized carbons (Fsp3) is 0.111. The fourth-order valence-electron chi connectivity index (χ4n) is 0.874. The van der Waals surface area contributed by atoms with Crippen molar-refractivity contribution in [2.75, 3.05) is 5.32 Å². The number of alkyl halides is 3. The topological polar surface area (TPSA) is 58.5 Å². The molecule has 0 aliphatic heterocycles. The molecule has 7 heteroatoms. The smallest absolute Gasteiger partial charge is 0.318 e. The minimum atomic E-state index is -4.93. The van der Waals surface area contributed by atoms with Crippen molar-refractivity contribution in [3.8, 4) is 0 Å². The number of hydrogen-bond acceptors (Lipinski definition) is 3. The number of carbonyl (C=O) groups is 1. The number of nitrogens with one attached hydrogen (secondary N) is 1. The standard InChI is InChI=1S/C9H5F3N2O2/c10-9(11,12)8(16)14-7-3-1-6(2-4-7)13-5-15/h1-4H,(H,14,16). The van der Waals surface area contributed by atoms with Gasteiger partial charge in [0.2, 0.25) is 6.08 Å². The van der Waals surface area contributed by atoms with Gasteiger partial charge in [0.1, 0.15) is 0 Å². The highest BCUT2D eigenvalue weighted by Gasteiger charge is 2.38. The number of halogens is 3. The van der Waals surface area contributed by atoms with Crippen LogP contribution in [0.3, 0.4) is 0 Å². The third-order valence-electron chi connectivity index (χ3n) is 1.56. The number of carbonyl (C=O) groups excluding carboxylic acids is 2. The molecule has 0 aliphatic rings. The second kappa shape index (κ2) is 4.59. The molecule has 0 spiro atoms. The first-order chi connectivity index (χ1) is 7.43. The molecule has 0 saturated carbocycles. The summed E-state index contributed by atoms with van der Waals surface area (Å²) in [5, 5.41) is 1.65. The molecular formula is C9H5F3N2O2. The molecule has 0 saturated heterocycles. The van der Waals surface area contributed by atoms with Crippen molar-refractivity contribution in [1.29, 1.82) is 0 Å². The van der Waals surface area contributed by atoms with Crippen LogP contribution in [0.2, 0.25) is 0 Å². The SMILES string of the molecule is O=C=Nc1ccc(NC(=O)C(F)(F)F)cc1. The Hall–Kier alpha value is -2.14. The maximum absolute atomic E-state index is 11.9. The maximum Gasteiger partial charge on any atom is 0.471 e. The van der Waals surface area contributed by atoms with Gasteiger partial charge in [-0.15, -0.1) is 0 Å². The van der Waals surface area contributed by atoms with Crippen molar-refractivity contribution in [2.45, 2.75) is 6.18 Å². The van der Waals surface area contributed by atoms with Gasteiger partial charge in [-0.3, -0.25) is 4.79 Å². The van der Waals surface area contributed by atoms with Gasteiger partial charge in [-0.2, -0.15) is 18.2 Å². The second-order valence-corrected chi connectivity index (χ2v) is 2.70. The largest absolute Gasteiger partial charge is 0.471 e. The van der Waals surface area contributed by atoms with E-state index in [1.165, 1.54) is 30.3 Å². The quantitative estimate of drug-likeness (QED) is 0.625. The van der Waals surface area contributed by atoms with Gasteiger partial charge in [-0.25, -0.2) is 4.79 Å². The number of anilines is 1. The number of benzene rings is 1. The summed E-state index contributed by atoms with van der Waals surface area (Å²) < 4.78 is 35.6. The molecule has 84 valence electrons. The average molecular weight is 230 g/mol. The van der Waals surface area contributed by atoms with E-state index < -0.39 is 12.1 Å². The number of rotatable bonds is 2. The van der Waals surface area contributed by atoms with E-state index in [4.69, 9.17) is 0 Å². The van der Waals surface area contributed by atoms with Crippen LogP contribution < -0.4 is 5.32 Å². The van der Waals surface area contributed by atoms with Crippen LogP contribution in [0, 0.1) is 0 Å². The average Bonchev–Trinajstić information content (AvgIpc) is 2.20. The van der Waals surface area contributed by atoms with Gasteiger partial charge in [0.15, 0.2) is 0 Å². The molecular weight excluding hydrogens is 225 g/mol. The Morgan fingerprint density at radius 2 is 1.81 bits per heavy atom. The van der Waals surface area contributed by atoms with Crippen LogP contribution in [-0.4, -0.2) is 18.2 Å². The van der Waals surface area contributed by atoms with Gasteiger partial charge in [0.05, 0.1) is 5.69 Å². The predicted molar refractivity (Wildman–Crippen MR) is 48.9 cm³/mol. The van der Waals surface area contributed by atoms with Crippen LogP contribution in [-0.2, 0) is 9.59 Å². The summed E-state index contributed by atoms with van der Waals surface area (Å²) in [6.45, 7) is 0.